The standard InChI is InChI=1S/C11H24N2O2/c1-5-15-8-10(14)13-9(6-7-12)11(2,3)4/h9H,5-8,12H2,1-4H3,(H,13,14). The smallest absolute Gasteiger partial charge is 0.246 e. The lowest BCUT2D eigenvalue weighted by atomic mass is 9.85. The first-order valence-corrected chi connectivity index (χ1v) is 5.49. The van der Waals surface area contributed by atoms with Crippen LogP contribution in [0.3, 0.4) is 0 Å². The zero-order valence-corrected chi connectivity index (χ0v) is 10.3. The first kappa shape index (κ1) is 14.4. The number of hydrogen-bond acceptors (Lipinski definition) is 3. The summed E-state index contributed by atoms with van der Waals surface area (Å²) in [6.45, 7) is 9.42. The van der Waals surface area contributed by atoms with E-state index in [2.05, 4.69) is 26.1 Å². The molecule has 0 aliphatic carbocycles. The molecule has 1 amide bonds. The van der Waals surface area contributed by atoms with E-state index in [1.165, 1.54) is 0 Å². The van der Waals surface area contributed by atoms with Crippen molar-refractivity contribution in [2.45, 2.75) is 40.2 Å². The number of carbonyl (C=O) groups excluding carboxylic acids is 1. The summed E-state index contributed by atoms with van der Waals surface area (Å²) in [5, 5.41) is 2.95. The van der Waals surface area contributed by atoms with Crippen LogP contribution < -0.4 is 11.1 Å². The van der Waals surface area contributed by atoms with Gasteiger partial charge in [-0.2, -0.15) is 0 Å². The molecular formula is C11H24N2O2. The van der Waals surface area contributed by atoms with Crippen LogP contribution in [0.25, 0.3) is 0 Å². The minimum atomic E-state index is -0.0646. The van der Waals surface area contributed by atoms with Crippen molar-refractivity contribution in [3.63, 3.8) is 0 Å². The maximum absolute atomic E-state index is 11.5. The molecule has 0 aliphatic rings. The van der Waals surface area contributed by atoms with Gasteiger partial charge in [0.25, 0.3) is 0 Å². The fourth-order valence-electron chi connectivity index (χ4n) is 1.32. The molecule has 1 atom stereocenters. The Kier molecular flexibility index (Phi) is 6.52. The zero-order chi connectivity index (χ0) is 11.9. The number of amides is 1. The molecule has 15 heavy (non-hydrogen) atoms. The summed E-state index contributed by atoms with van der Waals surface area (Å²) in [6.07, 6.45) is 0.793. The lowest BCUT2D eigenvalue weighted by molar-refractivity contribution is -0.127. The van der Waals surface area contributed by atoms with Crippen molar-refractivity contribution >= 4 is 5.91 Å². The largest absolute Gasteiger partial charge is 0.372 e. The Balaban J connectivity index is 4.11. The van der Waals surface area contributed by atoms with Crippen LogP contribution in [0.2, 0.25) is 0 Å². The van der Waals surface area contributed by atoms with Gasteiger partial charge in [-0.25, -0.2) is 0 Å². The van der Waals surface area contributed by atoms with Crippen LogP contribution in [0.5, 0.6) is 0 Å². The molecule has 0 rings (SSSR count). The number of nitrogens with one attached hydrogen (secondary N) is 1. The van der Waals surface area contributed by atoms with Gasteiger partial charge in [0.05, 0.1) is 0 Å². The molecular weight excluding hydrogens is 192 g/mol. The highest BCUT2D eigenvalue weighted by Gasteiger charge is 2.25. The van der Waals surface area contributed by atoms with Crippen molar-refractivity contribution < 1.29 is 9.53 Å². The average Bonchev–Trinajstić information content (AvgIpc) is 2.12. The van der Waals surface area contributed by atoms with Crippen molar-refractivity contribution in [2.75, 3.05) is 19.8 Å². The van der Waals surface area contributed by atoms with E-state index < -0.39 is 0 Å². The first-order chi connectivity index (χ1) is 6.91. The minimum Gasteiger partial charge on any atom is -0.372 e. The molecule has 0 aromatic heterocycles. The fraction of sp³-hybridized carbons (Fsp3) is 0.909. The van der Waals surface area contributed by atoms with E-state index in [1.54, 1.807) is 0 Å². The Morgan fingerprint density at radius 3 is 2.47 bits per heavy atom. The Labute approximate surface area is 92.6 Å². The highest BCUT2D eigenvalue weighted by Crippen LogP contribution is 2.21. The molecule has 0 radical (unpaired) electrons. The molecule has 3 N–H and O–H groups in total. The monoisotopic (exact) mass is 216 g/mol. The van der Waals surface area contributed by atoms with Gasteiger partial charge in [0.1, 0.15) is 6.61 Å². The molecule has 0 bridgehead atoms. The Morgan fingerprint density at radius 2 is 2.07 bits per heavy atom. The predicted octanol–water partition coefficient (Wildman–Crippen LogP) is 0.903. The van der Waals surface area contributed by atoms with Gasteiger partial charge in [-0.1, -0.05) is 20.8 Å². The summed E-state index contributed by atoms with van der Waals surface area (Å²) in [4.78, 5) is 11.5. The summed E-state index contributed by atoms with van der Waals surface area (Å²) < 4.78 is 5.04. The molecule has 4 nitrogen and oxygen atoms in total. The van der Waals surface area contributed by atoms with Crippen molar-refractivity contribution in [1.82, 2.24) is 5.32 Å². The van der Waals surface area contributed by atoms with Gasteiger partial charge in [0, 0.05) is 12.6 Å². The molecule has 90 valence electrons. The lowest BCUT2D eigenvalue weighted by Crippen LogP contribution is -2.46. The Morgan fingerprint density at radius 1 is 1.47 bits per heavy atom. The van der Waals surface area contributed by atoms with Crippen LogP contribution >= 0.6 is 0 Å². The van der Waals surface area contributed by atoms with E-state index in [9.17, 15) is 4.79 Å². The van der Waals surface area contributed by atoms with Crippen LogP contribution in [0.4, 0.5) is 0 Å². The van der Waals surface area contributed by atoms with Crippen LogP contribution in [0.15, 0.2) is 0 Å². The Bertz CT molecular complexity index is 188. The molecule has 0 aromatic rings. The van der Waals surface area contributed by atoms with Gasteiger partial charge < -0.3 is 15.8 Å². The SMILES string of the molecule is CCOCC(=O)NC(CCN)C(C)(C)C. The van der Waals surface area contributed by atoms with Gasteiger partial charge in [0.2, 0.25) is 5.91 Å². The molecule has 0 heterocycles. The second-order valence-electron chi connectivity index (χ2n) is 4.70. The van der Waals surface area contributed by atoms with E-state index in [0.29, 0.717) is 13.2 Å². The third-order valence-corrected chi connectivity index (χ3v) is 2.27. The van der Waals surface area contributed by atoms with E-state index in [4.69, 9.17) is 10.5 Å². The van der Waals surface area contributed by atoms with Crippen molar-refractivity contribution in [1.29, 1.82) is 0 Å². The second-order valence-corrected chi connectivity index (χ2v) is 4.70. The van der Waals surface area contributed by atoms with Crippen molar-refractivity contribution in [2.24, 2.45) is 11.1 Å². The Hall–Kier alpha value is -0.610. The van der Waals surface area contributed by atoms with Gasteiger partial charge >= 0.3 is 0 Å². The third kappa shape index (κ3) is 6.47. The molecule has 0 fully saturated rings. The number of ether oxygens (including phenoxy) is 1. The number of hydrogen-bond donors (Lipinski definition) is 2. The molecule has 0 aliphatic heterocycles. The van der Waals surface area contributed by atoms with Crippen molar-refractivity contribution in [3.8, 4) is 0 Å². The van der Waals surface area contributed by atoms with Crippen LogP contribution in [0, 0.1) is 5.41 Å². The van der Waals surface area contributed by atoms with Gasteiger partial charge in [-0.15, -0.1) is 0 Å². The number of carbonyl (C=O) groups is 1. The van der Waals surface area contributed by atoms with E-state index in [-0.39, 0.29) is 24.0 Å². The molecule has 0 saturated carbocycles. The lowest BCUT2D eigenvalue weighted by Gasteiger charge is -2.31. The second kappa shape index (κ2) is 6.80. The normalized spacial score (nSPS) is 13.7. The number of nitrogens with two attached hydrogens (primary N) is 1. The molecule has 0 aromatic carbocycles. The quantitative estimate of drug-likeness (QED) is 0.693. The van der Waals surface area contributed by atoms with Crippen LogP contribution in [-0.2, 0) is 9.53 Å². The maximum atomic E-state index is 11.5. The van der Waals surface area contributed by atoms with Gasteiger partial charge in [0.15, 0.2) is 0 Å². The molecule has 0 spiro atoms. The van der Waals surface area contributed by atoms with E-state index in [1.807, 2.05) is 6.92 Å². The first-order valence-electron chi connectivity index (χ1n) is 5.49. The third-order valence-electron chi connectivity index (χ3n) is 2.27. The average molecular weight is 216 g/mol. The summed E-state index contributed by atoms with van der Waals surface area (Å²) in [7, 11) is 0. The van der Waals surface area contributed by atoms with Gasteiger partial charge in [-0.05, 0) is 25.3 Å². The number of rotatable bonds is 6. The molecule has 4 heteroatoms. The van der Waals surface area contributed by atoms with Gasteiger partial charge in [-0.3, -0.25) is 4.79 Å². The summed E-state index contributed by atoms with van der Waals surface area (Å²) in [5.74, 6) is -0.0646. The topological polar surface area (TPSA) is 64.3 Å². The summed E-state index contributed by atoms with van der Waals surface area (Å²) in [6, 6.07) is 0.107. The zero-order valence-electron chi connectivity index (χ0n) is 10.3. The van der Waals surface area contributed by atoms with Crippen LogP contribution in [-0.4, -0.2) is 31.7 Å². The molecule has 0 saturated heterocycles. The fourth-order valence-corrected chi connectivity index (χ4v) is 1.32. The van der Waals surface area contributed by atoms with Crippen LogP contribution in [0.1, 0.15) is 34.1 Å². The van der Waals surface area contributed by atoms with E-state index in [0.717, 1.165) is 6.42 Å². The van der Waals surface area contributed by atoms with E-state index >= 15 is 0 Å². The summed E-state index contributed by atoms with van der Waals surface area (Å²) in [5.41, 5.74) is 5.55. The highest BCUT2D eigenvalue weighted by molar-refractivity contribution is 5.77. The minimum absolute atomic E-state index is 0.0290. The maximum Gasteiger partial charge on any atom is 0.246 e. The molecule has 1 unspecified atom stereocenters. The summed E-state index contributed by atoms with van der Waals surface area (Å²) >= 11 is 0. The predicted molar refractivity (Wildman–Crippen MR) is 61.6 cm³/mol. The van der Waals surface area contributed by atoms with Crippen molar-refractivity contribution in [3.05, 3.63) is 0 Å². The highest BCUT2D eigenvalue weighted by atomic mass is 16.5.